The highest BCUT2D eigenvalue weighted by atomic mass is 79.9. The quantitative estimate of drug-likeness (QED) is 0.510. The number of aromatic hydroxyl groups is 1. The predicted octanol–water partition coefficient (Wildman–Crippen LogP) is 4.48. The fourth-order valence-corrected chi connectivity index (χ4v) is 2.51. The smallest absolute Gasteiger partial charge is 0.139 e. The number of carbonyl (C=O) groups is 1. The molecule has 0 unspecified atom stereocenters. The number of Topliss-reactive ketones (excluding diaryl/α,β-unsaturated/α-hetero) is 1. The Bertz CT molecular complexity index is 459. The van der Waals surface area contributed by atoms with Gasteiger partial charge in [0, 0.05) is 23.2 Å². The van der Waals surface area contributed by atoms with Crippen LogP contribution in [-0.2, 0) is 11.2 Å². The number of alkyl halides is 1. The van der Waals surface area contributed by atoms with E-state index in [9.17, 15) is 9.90 Å². The molecule has 20 heavy (non-hydrogen) atoms. The number of unbranched alkanes of at least 4 members (excludes halogenated alkanes) is 1. The highest BCUT2D eigenvalue weighted by molar-refractivity contribution is 9.10. The normalized spacial score (nSPS) is 10.8. The molecule has 0 fully saturated rings. The number of benzene rings is 1. The van der Waals surface area contributed by atoms with E-state index in [4.69, 9.17) is 4.74 Å². The molecule has 5 heteroatoms. The number of ketones is 1. The molecule has 3 nitrogen and oxygen atoms in total. The van der Waals surface area contributed by atoms with Crippen LogP contribution in [0.4, 0.5) is 0 Å². The number of hydrogen-bond acceptors (Lipinski definition) is 3. The van der Waals surface area contributed by atoms with Gasteiger partial charge in [0.1, 0.15) is 21.8 Å². The fourth-order valence-electron chi connectivity index (χ4n) is 1.61. The van der Waals surface area contributed by atoms with Crippen molar-refractivity contribution in [3.63, 3.8) is 0 Å². The number of ether oxygens (including phenoxy) is 1. The average Bonchev–Trinajstić information content (AvgIpc) is 2.42. The summed E-state index contributed by atoms with van der Waals surface area (Å²) in [6.07, 6.45) is 2.24. The zero-order chi connectivity index (χ0) is 15.1. The van der Waals surface area contributed by atoms with E-state index in [1.54, 1.807) is 12.1 Å². The van der Waals surface area contributed by atoms with E-state index in [1.807, 2.05) is 13.8 Å². The van der Waals surface area contributed by atoms with Gasteiger partial charge in [-0.2, -0.15) is 0 Å². The fraction of sp³-hybridized carbons (Fsp3) is 0.533. The summed E-state index contributed by atoms with van der Waals surface area (Å²) in [7, 11) is 0. The highest BCUT2D eigenvalue weighted by Crippen LogP contribution is 2.37. The predicted molar refractivity (Wildman–Crippen MR) is 87.9 cm³/mol. The Balaban J connectivity index is 2.73. The molecule has 1 aromatic rings. The van der Waals surface area contributed by atoms with Crippen LogP contribution in [0.2, 0.25) is 0 Å². The number of rotatable bonds is 8. The van der Waals surface area contributed by atoms with E-state index in [0.717, 1.165) is 18.2 Å². The molecule has 0 saturated carbocycles. The van der Waals surface area contributed by atoms with Crippen LogP contribution in [0.25, 0.3) is 0 Å². The van der Waals surface area contributed by atoms with Crippen molar-refractivity contribution in [3.8, 4) is 11.5 Å². The summed E-state index contributed by atoms with van der Waals surface area (Å²) in [4.78, 5) is 11.7. The maximum absolute atomic E-state index is 11.7. The van der Waals surface area contributed by atoms with Gasteiger partial charge in [-0.1, -0.05) is 35.8 Å². The number of phenols is 1. The average molecular weight is 408 g/mol. The second kappa shape index (κ2) is 8.67. The van der Waals surface area contributed by atoms with Crippen LogP contribution in [-0.4, -0.2) is 22.8 Å². The lowest BCUT2D eigenvalue weighted by atomic mass is 10.0. The van der Waals surface area contributed by atoms with Gasteiger partial charge in [0.25, 0.3) is 0 Å². The largest absolute Gasteiger partial charge is 0.506 e. The van der Waals surface area contributed by atoms with Crippen LogP contribution in [0.15, 0.2) is 16.6 Å². The van der Waals surface area contributed by atoms with Crippen LogP contribution >= 0.6 is 31.9 Å². The lowest BCUT2D eigenvalue weighted by Gasteiger charge is -2.12. The monoisotopic (exact) mass is 406 g/mol. The van der Waals surface area contributed by atoms with E-state index in [-0.39, 0.29) is 23.9 Å². The van der Waals surface area contributed by atoms with Gasteiger partial charge in [-0.05, 0) is 34.8 Å². The summed E-state index contributed by atoms with van der Waals surface area (Å²) >= 11 is 6.70. The molecule has 0 amide bonds. The van der Waals surface area contributed by atoms with Gasteiger partial charge in [-0.3, -0.25) is 4.79 Å². The molecule has 0 saturated heterocycles. The molecule has 1 N–H and O–H groups in total. The van der Waals surface area contributed by atoms with Crippen LogP contribution in [0.3, 0.4) is 0 Å². The molecule has 0 aliphatic rings. The third-order valence-electron chi connectivity index (χ3n) is 2.96. The van der Waals surface area contributed by atoms with Gasteiger partial charge in [-0.15, -0.1) is 0 Å². The van der Waals surface area contributed by atoms with E-state index < -0.39 is 0 Å². The number of carbonyl (C=O) groups excluding carboxylic acids is 1. The third-order valence-corrected chi connectivity index (χ3v) is 4.29. The van der Waals surface area contributed by atoms with Gasteiger partial charge < -0.3 is 9.84 Å². The van der Waals surface area contributed by atoms with Crippen molar-refractivity contribution in [2.24, 2.45) is 5.92 Å². The molecule has 0 atom stereocenters. The van der Waals surface area contributed by atoms with Crippen molar-refractivity contribution < 1.29 is 14.6 Å². The van der Waals surface area contributed by atoms with Gasteiger partial charge in [0.05, 0.1) is 6.61 Å². The molecular weight excluding hydrogens is 388 g/mol. The minimum Gasteiger partial charge on any atom is -0.506 e. The van der Waals surface area contributed by atoms with Crippen LogP contribution in [0, 0.1) is 5.92 Å². The number of phenolic OH excluding ortho intramolecular Hbond substituents is 1. The summed E-state index contributed by atoms with van der Waals surface area (Å²) < 4.78 is 6.13. The second-order valence-electron chi connectivity index (χ2n) is 4.93. The molecule has 0 aliphatic heterocycles. The molecule has 0 radical (unpaired) electrons. The lowest BCUT2D eigenvalue weighted by molar-refractivity contribution is -0.121. The lowest BCUT2D eigenvalue weighted by Crippen LogP contribution is -2.10. The highest BCUT2D eigenvalue weighted by Gasteiger charge is 2.15. The van der Waals surface area contributed by atoms with Crippen molar-refractivity contribution in [1.29, 1.82) is 0 Å². The Hall–Kier alpha value is -0.550. The van der Waals surface area contributed by atoms with E-state index in [2.05, 4.69) is 31.9 Å². The molecule has 0 aliphatic carbocycles. The Morgan fingerprint density at radius 3 is 2.65 bits per heavy atom. The topological polar surface area (TPSA) is 46.5 Å². The summed E-state index contributed by atoms with van der Waals surface area (Å²) in [6, 6.07) is 3.54. The minimum absolute atomic E-state index is 0.0339. The Kier molecular flexibility index (Phi) is 7.59. The Morgan fingerprint density at radius 2 is 2.05 bits per heavy atom. The van der Waals surface area contributed by atoms with Crippen LogP contribution in [0.1, 0.15) is 32.3 Å². The first-order valence-electron chi connectivity index (χ1n) is 6.69. The molecular formula is C15H20Br2O3. The molecule has 1 rings (SSSR count). The van der Waals surface area contributed by atoms with Crippen molar-refractivity contribution in [1.82, 2.24) is 0 Å². The molecule has 0 aromatic heterocycles. The first kappa shape index (κ1) is 17.5. The van der Waals surface area contributed by atoms with Gasteiger partial charge in [-0.25, -0.2) is 0 Å². The maximum Gasteiger partial charge on any atom is 0.139 e. The van der Waals surface area contributed by atoms with Gasteiger partial charge >= 0.3 is 0 Å². The molecule has 0 spiro atoms. The Morgan fingerprint density at radius 1 is 1.35 bits per heavy atom. The van der Waals surface area contributed by atoms with Crippen LogP contribution in [0.5, 0.6) is 11.5 Å². The first-order valence-corrected chi connectivity index (χ1v) is 8.60. The van der Waals surface area contributed by atoms with Gasteiger partial charge in [0.15, 0.2) is 0 Å². The molecule has 1 aromatic carbocycles. The maximum atomic E-state index is 11.7. The summed E-state index contributed by atoms with van der Waals surface area (Å²) in [5.41, 5.74) is 0.628. The molecule has 0 heterocycles. The molecule has 0 bridgehead atoms. The van der Waals surface area contributed by atoms with Crippen molar-refractivity contribution in [2.75, 3.05) is 11.9 Å². The van der Waals surface area contributed by atoms with Crippen molar-refractivity contribution in [2.45, 2.75) is 33.1 Å². The van der Waals surface area contributed by atoms with Crippen molar-refractivity contribution >= 4 is 37.6 Å². The van der Waals surface area contributed by atoms with E-state index in [0.29, 0.717) is 22.4 Å². The standard InChI is InChI=1S/C15H20Br2O3/c1-10(2)12(18)9-11-5-6-13(14(17)15(11)19)20-8-4-3-7-16/h5-6,10,19H,3-4,7-9H2,1-2H3. The summed E-state index contributed by atoms with van der Waals surface area (Å²) in [6.45, 7) is 4.32. The number of halogens is 2. The summed E-state index contributed by atoms with van der Waals surface area (Å²) in [5, 5.41) is 11.1. The summed E-state index contributed by atoms with van der Waals surface area (Å²) in [5.74, 6) is 0.779. The van der Waals surface area contributed by atoms with Crippen molar-refractivity contribution in [3.05, 3.63) is 22.2 Å². The Labute approximate surface area is 137 Å². The third kappa shape index (κ3) is 5.09. The van der Waals surface area contributed by atoms with Gasteiger partial charge in [0.2, 0.25) is 0 Å². The number of hydrogen-bond donors (Lipinski definition) is 1. The minimum atomic E-state index is -0.0339. The first-order chi connectivity index (χ1) is 9.47. The van der Waals surface area contributed by atoms with Crippen LogP contribution < -0.4 is 4.74 Å². The SMILES string of the molecule is CC(C)C(=O)Cc1ccc(OCCCCBr)c(Br)c1O. The zero-order valence-electron chi connectivity index (χ0n) is 11.8. The van der Waals surface area contributed by atoms with E-state index in [1.165, 1.54) is 0 Å². The zero-order valence-corrected chi connectivity index (χ0v) is 15.0. The van der Waals surface area contributed by atoms with E-state index >= 15 is 0 Å². The second-order valence-corrected chi connectivity index (χ2v) is 6.51. The molecule has 112 valence electrons.